The number of likely N-dealkylation sites (tertiary alicyclic amines) is 1. The molecule has 4 heterocycles. The van der Waals surface area contributed by atoms with Crippen LogP contribution in [0.5, 0.6) is 0 Å². The van der Waals surface area contributed by atoms with Crippen molar-refractivity contribution in [2.45, 2.75) is 26.3 Å². The summed E-state index contributed by atoms with van der Waals surface area (Å²) in [5.74, 6) is 0.483. The van der Waals surface area contributed by atoms with Gasteiger partial charge in [-0.25, -0.2) is 8.91 Å². The maximum Gasteiger partial charge on any atom is 0.292 e. The van der Waals surface area contributed by atoms with E-state index in [9.17, 15) is 9.18 Å². The first-order valence-electron chi connectivity index (χ1n) is 14.0. The molecular formula is C31H44FN9O3. The van der Waals surface area contributed by atoms with E-state index in [4.69, 9.17) is 20.9 Å². The Hall–Kier alpha value is -4.62. The maximum absolute atomic E-state index is 12.7. The van der Waals surface area contributed by atoms with Gasteiger partial charge in [0.1, 0.15) is 6.17 Å². The lowest BCUT2D eigenvalue weighted by atomic mass is 9.95. The molecule has 1 amide bonds. The van der Waals surface area contributed by atoms with Crippen LogP contribution in [-0.2, 0) is 9.53 Å². The Labute approximate surface area is 258 Å². The second-order valence-corrected chi connectivity index (χ2v) is 10.3. The number of nitrogens with two attached hydrogens (primary N) is 1. The Morgan fingerprint density at radius 3 is 2.39 bits per heavy atom. The maximum atomic E-state index is 12.7. The molecule has 12 nitrogen and oxygen atoms in total. The van der Waals surface area contributed by atoms with Gasteiger partial charge in [-0.2, -0.15) is 5.10 Å². The Kier molecular flexibility index (Phi) is 14.1. The molecule has 1 aromatic carbocycles. The average molecular weight is 610 g/mol. The summed E-state index contributed by atoms with van der Waals surface area (Å²) in [5.41, 5.74) is 12.1. The highest BCUT2D eigenvalue weighted by Gasteiger charge is 2.34. The number of fused-ring (bicyclic) bond motifs is 1. The number of amides is 1. The SMILES string of the molecule is C=N.CNC(=O)c1cnn2cc(/C(N)=C/NC(C)F)ccc12.COC=O.Cc1ccc(C2N=C(C3CN(C)C3)CN2C)cc1. The number of hydrogen-bond acceptors (Lipinski definition) is 10. The number of benzene rings is 1. The number of aliphatic imine (C=N–C) groups is 1. The van der Waals surface area contributed by atoms with Crippen molar-refractivity contribution in [2.75, 3.05) is 47.9 Å². The summed E-state index contributed by atoms with van der Waals surface area (Å²) in [4.78, 5) is 30.2. The van der Waals surface area contributed by atoms with Gasteiger partial charge in [0.2, 0.25) is 0 Å². The van der Waals surface area contributed by atoms with E-state index in [1.807, 2.05) is 0 Å². The van der Waals surface area contributed by atoms with Gasteiger partial charge < -0.3 is 31.4 Å². The van der Waals surface area contributed by atoms with Crippen LogP contribution in [-0.4, -0.2) is 98.4 Å². The number of ether oxygens (including phenoxy) is 1. The molecule has 0 aliphatic carbocycles. The molecule has 2 aliphatic heterocycles. The number of carbonyl (C=O) groups excluding carboxylic acids is 2. The number of alkyl halides is 1. The molecule has 2 aliphatic rings. The number of rotatable bonds is 7. The van der Waals surface area contributed by atoms with Crippen LogP contribution in [0.25, 0.3) is 11.2 Å². The van der Waals surface area contributed by atoms with Gasteiger partial charge in [0.15, 0.2) is 6.30 Å². The van der Waals surface area contributed by atoms with Crippen LogP contribution >= 0.6 is 0 Å². The molecule has 2 unspecified atom stereocenters. The van der Waals surface area contributed by atoms with Gasteiger partial charge in [-0.05, 0) is 52.4 Å². The molecule has 5 N–H and O–H groups in total. The molecule has 13 heteroatoms. The fraction of sp³-hybridized carbons (Fsp3) is 0.387. The molecule has 238 valence electrons. The Morgan fingerprint density at radius 2 is 1.84 bits per heavy atom. The van der Waals surface area contributed by atoms with Gasteiger partial charge >= 0.3 is 0 Å². The summed E-state index contributed by atoms with van der Waals surface area (Å²) in [6, 6.07) is 12.2. The van der Waals surface area contributed by atoms with E-state index in [-0.39, 0.29) is 12.1 Å². The minimum atomic E-state index is -1.18. The Morgan fingerprint density at radius 1 is 1.20 bits per heavy atom. The number of methoxy groups -OCH3 is 1. The normalized spacial score (nSPS) is 17.3. The number of nitrogens with one attached hydrogen (secondary N) is 3. The molecule has 1 saturated heterocycles. The van der Waals surface area contributed by atoms with Crippen LogP contribution in [0.2, 0.25) is 0 Å². The smallest absolute Gasteiger partial charge is 0.292 e. The molecule has 0 radical (unpaired) electrons. The van der Waals surface area contributed by atoms with Crippen LogP contribution in [0.15, 0.2) is 60.0 Å². The van der Waals surface area contributed by atoms with E-state index >= 15 is 0 Å². The lowest BCUT2D eigenvalue weighted by Crippen LogP contribution is -2.48. The Bertz CT molecular complexity index is 1420. The van der Waals surface area contributed by atoms with Gasteiger partial charge in [-0.3, -0.25) is 19.5 Å². The molecular weight excluding hydrogens is 565 g/mol. The lowest BCUT2D eigenvalue weighted by Gasteiger charge is -2.36. The number of carbonyl (C=O) groups is 2. The van der Waals surface area contributed by atoms with Crippen molar-refractivity contribution in [1.82, 2.24) is 30.0 Å². The zero-order valence-electron chi connectivity index (χ0n) is 26.3. The van der Waals surface area contributed by atoms with Crippen molar-refractivity contribution in [3.8, 4) is 0 Å². The predicted molar refractivity (Wildman–Crippen MR) is 172 cm³/mol. The molecule has 5 rings (SSSR count). The summed E-state index contributed by atoms with van der Waals surface area (Å²) in [6.45, 7) is 9.74. The van der Waals surface area contributed by atoms with Crippen molar-refractivity contribution in [2.24, 2.45) is 16.6 Å². The van der Waals surface area contributed by atoms with Gasteiger partial charge in [0.05, 0.1) is 30.1 Å². The number of hydrogen-bond donors (Lipinski definition) is 4. The molecule has 2 aromatic heterocycles. The molecule has 2 atom stereocenters. The quantitative estimate of drug-likeness (QED) is 0.181. The minimum absolute atomic E-state index is 0.204. The molecule has 3 aromatic rings. The third-order valence-electron chi connectivity index (χ3n) is 6.91. The third-order valence-corrected chi connectivity index (χ3v) is 6.91. The summed E-state index contributed by atoms with van der Waals surface area (Å²) in [6.07, 6.45) is 3.61. The summed E-state index contributed by atoms with van der Waals surface area (Å²) < 4.78 is 18.1. The number of nitrogens with zero attached hydrogens (tertiary/aromatic N) is 5. The molecule has 1 fully saturated rings. The lowest BCUT2D eigenvalue weighted by molar-refractivity contribution is -0.126. The van der Waals surface area contributed by atoms with Gasteiger partial charge in [-0.1, -0.05) is 29.8 Å². The number of pyridine rings is 1. The van der Waals surface area contributed by atoms with E-state index in [0.29, 0.717) is 34.7 Å². The van der Waals surface area contributed by atoms with E-state index in [0.717, 1.165) is 6.54 Å². The highest BCUT2D eigenvalue weighted by Crippen LogP contribution is 2.29. The fourth-order valence-corrected chi connectivity index (χ4v) is 4.60. The summed E-state index contributed by atoms with van der Waals surface area (Å²) in [7, 11) is 7.22. The van der Waals surface area contributed by atoms with Gasteiger partial charge in [0.25, 0.3) is 12.4 Å². The highest BCUT2D eigenvalue weighted by atomic mass is 19.1. The second-order valence-electron chi connectivity index (χ2n) is 10.3. The van der Waals surface area contributed by atoms with Crippen molar-refractivity contribution < 1.29 is 18.7 Å². The van der Waals surface area contributed by atoms with Crippen molar-refractivity contribution in [3.05, 3.63) is 77.2 Å². The third kappa shape index (κ3) is 9.71. The fourth-order valence-electron chi connectivity index (χ4n) is 4.60. The van der Waals surface area contributed by atoms with Crippen LogP contribution in [0.3, 0.4) is 0 Å². The predicted octanol–water partition coefficient (Wildman–Crippen LogP) is 2.85. The average Bonchev–Trinajstić information content (AvgIpc) is 3.62. The molecule has 0 bridgehead atoms. The summed E-state index contributed by atoms with van der Waals surface area (Å²) >= 11 is 0. The van der Waals surface area contributed by atoms with E-state index in [2.05, 4.69) is 82.3 Å². The van der Waals surface area contributed by atoms with Crippen LogP contribution in [0.1, 0.15) is 40.1 Å². The van der Waals surface area contributed by atoms with E-state index in [1.54, 1.807) is 29.9 Å². The number of aromatic nitrogens is 2. The summed E-state index contributed by atoms with van der Waals surface area (Å²) in [5, 5.41) is 14.6. The van der Waals surface area contributed by atoms with Gasteiger partial charge in [0, 0.05) is 56.3 Å². The van der Waals surface area contributed by atoms with E-state index in [1.165, 1.54) is 56.4 Å². The second kappa shape index (κ2) is 17.5. The van der Waals surface area contributed by atoms with E-state index < -0.39 is 6.30 Å². The van der Waals surface area contributed by atoms with Crippen molar-refractivity contribution in [3.63, 3.8) is 0 Å². The number of halogens is 1. The van der Waals surface area contributed by atoms with Crippen LogP contribution in [0.4, 0.5) is 4.39 Å². The van der Waals surface area contributed by atoms with Crippen LogP contribution < -0.4 is 16.4 Å². The molecule has 0 saturated carbocycles. The topological polar surface area (TPSA) is 153 Å². The Balaban J connectivity index is 0.000000261. The van der Waals surface area contributed by atoms with Gasteiger partial charge in [-0.15, -0.1) is 0 Å². The minimum Gasteiger partial charge on any atom is -0.471 e. The first kappa shape index (κ1) is 35.6. The molecule has 44 heavy (non-hydrogen) atoms. The monoisotopic (exact) mass is 609 g/mol. The highest BCUT2D eigenvalue weighted by molar-refractivity contribution is 6.00. The standard InChI is InChI=1S/C15H21N3.C13H16FN5O.C2H4O2.CH3N/c1-11-4-6-12(7-5-11)15-16-14(10-18(15)3)13-8-17(2)9-13;1-8(14)17-6-11(15)9-3-4-12-10(13(20)16-2)5-18-19(12)7-9;1-4-2-3;1-2/h4-7,13,15H,8-10H2,1-3H3;3-8,17H,15H2,1-2H3,(H,16,20);2H,1H3;2H,1H2/b;11-6-;;. The van der Waals surface area contributed by atoms with Crippen LogP contribution in [0, 0.1) is 18.3 Å². The van der Waals surface area contributed by atoms with Crippen molar-refractivity contribution in [1.29, 1.82) is 5.41 Å². The molecule has 0 spiro atoms. The zero-order valence-corrected chi connectivity index (χ0v) is 26.3. The largest absolute Gasteiger partial charge is 0.471 e. The first-order valence-corrected chi connectivity index (χ1v) is 14.0. The zero-order chi connectivity index (χ0) is 32.8. The first-order chi connectivity index (χ1) is 21.1. The van der Waals surface area contributed by atoms with Crippen molar-refractivity contribution >= 4 is 36.0 Å². The number of aryl methyl sites for hydroxylation is 1.